The smallest absolute Gasteiger partial charge is 0.109 e. The Labute approximate surface area is 90.1 Å². The van der Waals surface area contributed by atoms with Crippen LogP contribution in [-0.2, 0) is 0 Å². The van der Waals surface area contributed by atoms with E-state index >= 15 is 0 Å². The lowest BCUT2D eigenvalue weighted by molar-refractivity contribution is 0.147. The second-order valence-corrected chi connectivity index (χ2v) is 3.87. The van der Waals surface area contributed by atoms with Crippen molar-refractivity contribution in [1.82, 2.24) is 10.2 Å². The van der Waals surface area contributed by atoms with E-state index in [-0.39, 0.29) is 12.7 Å². The molecule has 1 atom stereocenters. The fraction of sp³-hybridized carbons (Fsp3) is 0.500. The van der Waals surface area contributed by atoms with Gasteiger partial charge in [-0.15, -0.1) is 0 Å². The van der Waals surface area contributed by atoms with Gasteiger partial charge in [0.15, 0.2) is 0 Å². The van der Waals surface area contributed by atoms with Gasteiger partial charge in [0.25, 0.3) is 0 Å². The van der Waals surface area contributed by atoms with Crippen LogP contribution in [0.2, 0.25) is 0 Å². The highest BCUT2D eigenvalue weighted by Crippen LogP contribution is 2.21. The van der Waals surface area contributed by atoms with Gasteiger partial charge in [-0.05, 0) is 5.56 Å². The Bertz CT molecular complexity index is 283. The van der Waals surface area contributed by atoms with Crippen LogP contribution >= 0.6 is 0 Å². The molecule has 0 bridgehead atoms. The fourth-order valence-corrected chi connectivity index (χ4v) is 2.07. The van der Waals surface area contributed by atoms with Gasteiger partial charge >= 0.3 is 0 Å². The van der Waals surface area contributed by atoms with Crippen molar-refractivity contribution in [3.8, 4) is 0 Å². The average Bonchev–Trinajstić information content (AvgIpc) is 2.33. The second-order valence-electron chi connectivity index (χ2n) is 3.87. The average molecular weight is 208 g/mol. The zero-order chi connectivity index (χ0) is 10.5. The van der Waals surface area contributed by atoms with Crippen LogP contribution in [0.25, 0.3) is 0 Å². The van der Waals surface area contributed by atoms with Crippen LogP contribution in [0.5, 0.6) is 0 Å². The highest BCUT2D eigenvalue weighted by Gasteiger charge is 2.21. The molecule has 1 N–H and O–H groups in total. The highest BCUT2D eigenvalue weighted by atomic mass is 19.1. The summed E-state index contributed by atoms with van der Waals surface area (Å²) >= 11 is 0. The number of piperazine rings is 1. The van der Waals surface area contributed by atoms with Crippen molar-refractivity contribution < 1.29 is 4.39 Å². The zero-order valence-electron chi connectivity index (χ0n) is 8.82. The number of alkyl halides is 1. The lowest BCUT2D eigenvalue weighted by atomic mass is 10.1. The van der Waals surface area contributed by atoms with Crippen molar-refractivity contribution in [3.05, 3.63) is 35.9 Å². The number of nitrogens with one attached hydrogen (secondary N) is 1. The van der Waals surface area contributed by atoms with Crippen LogP contribution in [0.3, 0.4) is 0 Å². The van der Waals surface area contributed by atoms with Crippen molar-refractivity contribution in [2.24, 2.45) is 0 Å². The van der Waals surface area contributed by atoms with Crippen LogP contribution < -0.4 is 5.32 Å². The van der Waals surface area contributed by atoms with Crippen LogP contribution in [0.15, 0.2) is 30.3 Å². The molecule has 2 nitrogen and oxygen atoms in total. The maximum atomic E-state index is 13.1. The molecule has 1 heterocycles. The quantitative estimate of drug-likeness (QED) is 0.811. The monoisotopic (exact) mass is 208 g/mol. The van der Waals surface area contributed by atoms with Crippen LogP contribution in [-0.4, -0.2) is 37.8 Å². The molecule has 1 aromatic carbocycles. The van der Waals surface area contributed by atoms with Gasteiger partial charge in [0.05, 0.1) is 6.04 Å². The molecule has 1 fully saturated rings. The summed E-state index contributed by atoms with van der Waals surface area (Å²) < 4.78 is 13.1. The van der Waals surface area contributed by atoms with Crippen molar-refractivity contribution in [1.29, 1.82) is 0 Å². The predicted molar refractivity (Wildman–Crippen MR) is 59.6 cm³/mol. The molecule has 0 aromatic heterocycles. The Morgan fingerprint density at radius 3 is 2.47 bits per heavy atom. The number of hydrogen-bond acceptors (Lipinski definition) is 2. The molecule has 15 heavy (non-hydrogen) atoms. The van der Waals surface area contributed by atoms with Crippen molar-refractivity contribution in [3.63, 3.8) is 0 Å². The number of halogens is 1. The first-order chi connectivity index (χ1) is 7.42. The molecular weight excluding hydrogens is 191 g/mol. The molecule has 3 heteroatoms. The minimum atomic E-state index is -0.302. The first-order valence-corrected chi connectivity index (χ1v) is 5.47. The van der Waals surface area contributed by atoms with E-state index < -0.39 is 0 Å². The van der Waals surface area contributed by atoms with Gasteiger partial charge in [0, 0.05) is 26.2 Å². The van der Waals surface area contributed by atoms with E-state index in [1.807, 2.05) is 30.3 Å². The topological polar surface area (TPSA) is 15.3 Å². The standard InChI is InChI=1S/C12H17FN2/c13-10-12(11-4-2-1-3-5-11)15-8-6-14-7-9-15/h1-5,12,14H,6-10H2/t12-/m1/s1. The maximum Gasteiger partial charge on any atom is 0.109 e. The van der Waals surface area contributed by atoms with Gasteiger partial charge in [0.2, 0.25) is 0 Å². The first-order valence-electron chi connectivity index (χ1n) is 5.47. The molecule has 1 saturated heterocycles. The number of rotatable bonds is 3. The Balaban J connectivity index is 2.09. The van der Waals surface area contributed by atoms with Crippen LogP contribution in [0.1, 0.15) is 11.6 Å². The summed E-state index contributed by atoms with van der Waals surface area (Å²) in [5.74, 6) is 0. The van der Waals surface area contributed by atoms with Gasteiger partial charge in [0.1, 0.15) is 6.67 Å². The molecule has 0 amide bonds. The third-order valence-corrected chi connectivity index (χ3v) is 2.92. The van der Waals surface area contributed by atoms with Gasteiger partial charge in [-0.1, -0.05) is 30.3 Å². The summed E-state index contributed by atoms with van der Waals surface area (Å²) in [6, 6.07) is 9.86. The zero-order valence-corrected chi connectivity index (χ0v) is 8.82. The van der Waals surface area contributed by atoms with Gasteiger partial charge < -0.3 is 5.32 Å². The van der Waals surface area contributed by atoms with E-state index in [1.165, 1.54) is 0 Å². The summed E-state index contributed by atoms with van der Waals surface area (Å²) in [4.78, 5) is 2.21. The molecule has 1 aliphatic rings. The molecule has 0 radical (unpaired) electrons. The van der Waals surface area contributed by atoms with Gasteiger partial charge in [-0.3, -0.25) is 4.90 Å². The third kappa shape index (κ3) is 2.55. The van der Waals surface area contributed by atoms with Gasteiger partial charge in [-0.25, -0.2) is 4.39 Å². The molecule has 1 aliphatic heterocycles. The number of nitrogens with zero attached hydrogens (tertiary/aromatic N) is 1. The molecule has 1 aromatic rings. The molecule has 2 rings (SSSR count). The minimum absolute atomic E-state index is 0.0618. The summed E-state index contributed by atoms with van der Waals surface area (Å²) in [6.07, 6.45) is 0. The first kappa shape index (κ1) is 10.6. The Kier molecular flexibility index (Phi) is 3.69. The van der Waals surface area contributed by atoms with Crippen molar-refractivity contribution in [2.75, 3.05) is 32.9 Å². The third-order valence-electron chi connectivity index (χ3n) is 2.92. The van der Waals surface area contributed by atoms with E-state index in [0.717, 1.165) is 31.7 Å². The minimum Gasteiger partial charge on any atom is -0.314 e. The largest absolute Gasteiger partial charge is 0.314 e. The fourth-order valence-electron chi connectivity index (χ4n) is 2.07. The van der Waals surface area contributed by atoms with Crippen LogP contribution in [0.4, 0.5) is 4.39 Å². The Hall–Kier alpha value is -0.930. The van der Waals surface area contributed by atoms with E-state index in [1.54, 1.807) is 0 Å². The molecule has 0 spiro atoms. The molecule has 0 unspecified atom stereocenters. The maximum absolute atomic E-state index is 13.1. The molecule has 0 saturated carbocycles. The Morgan fingerprint density at radius 2 is 1.87 bits per heavy atom. The predicted octanol–water partition coefficient (Wildman–Crippen LogP) is 1.60. The van der Waals surface area contributed by atoms with Gasteiger partial charge in [-0.2, -0.15) is 0 Å². The molecular formula is C12H17FN2. The summed E-state index contributed by atoms with van der Waals surface area (Å²) in [5.41, 5.74) is 1.09. The highest BCUT2D eigenvalue weighted by molar-refractivity contribution is 5.19. The number of hydrogen-bond donors (Lipinski definition) is 1. The van der Waals surface area contributed by atoms with Crippen molar-refractivity contribution >= 4 is 0 Å². The Morgan fingerprint density at radius 1 is 1.20 bits per heavy atom. The SMILES string of the molecule is FC[C@H](c1ccccc1)N1CCNCC1. The second kappa shape index (κ2) is 5.24. The summed E-state index contributed by atoms with van der Waals surface area (Å²) in [7, 11) is 0. The van der Waals surface area contributed by atoms with E-state index in [9.17, 15) is 4.39 Å². The summed E-state index contributed by atoms with van der Waals surface area (Å²) in [6.45, 7) is 3.49. The van der Waals surface area contributed by atoms with E-state index in [0.29, 0.717) is 0 Å². The summed E-state index contributed by atoms with van der Waals surface area (Å²) in [5, 5.41) is 3.28. The lowest BCUT2D eigenvalue weighted by Gasteiger charge is -2.33. The normalized spacial score (nSPS) is 20.1. The van der Waals surface area contributed by atoms with E-state index in [2.05, 4.69) is 10.2 Å². The van der Waals surface area contributed by atoms with E-state index in [4.69, 9.17) is 0 Å². The number of benzene rings is 1. The van der Waals surface area contributed by atoms with Crippen LogP contribution in [0, 0.1) is 0 Å². The van der Waals surface area contributed by atoms with Crippen molar-refractivity contribution in [2.45, 2.75) is 6.04 Å². The molecule has 0 aliphatic carbocycles. The molecule has 82 valence electrons. The lowest BCUT2D eigenvalue weighted by Crippen LogP contribution is -2.45.